The monoisotopic (exact) mass is 249 g/mol. The molecule has 1 fully saturated rings. The fourth-order valence-corrected chi connectivity index (χ4v) is 2.35. The molecule has 0 aliphatic carbocycles. The maximum absolute atomic E-state index is 6.34. The largest absolute Gasteiger partial charge is 0.493 e. The van der Waals surface area contributed by atoms with Crippen LogP contribution in [0.15, 0.2) is 24.3 Å². The number of benzene rings is 1. The summed E-state index contributed by atoms with van der Waals surface area (Å²) in [4.78, 5) is 0. The van der Waals surface area contributed by atoms with Crippen LogP contribution in [0, 0.1) is 0 Å². The number of hydrogen-bond acceptors (Lipinski definition) is 3. The molecular formula is C15H23NO2. The summed E-state index contributed by atoms with van der Waals surface area (Å²) in [6, 6.07) is 7.96. The van der Waals surface area contributed by atoms with Gasteiger partial charge in [0, 0.05) is 12.2 Å². The van der Waals surface area contributed by atoms with Gasteiger partial charge in [-0.05, 0) is 31.7 Å². The summed E-state index contributed by atoms with van der Waals surface area (Å²) in [6.07, 6.45) is 4.53. The lowest BCUT2D eigenvalue weighted by Gasteiger charge is -2.29. The van der Waals surface area contributed by atoms with Crippen molar-refractivity contribution in [3.8, 4) is 5.75 Å². The summed E-state index contributed by atoms with van der Waals surface area (Å²) >= 11 is 0. The second kappa shape index (κ2) is 6.76. The number of ether oxygens (including phenoxy) is 2. The van der Waals surface area contributed by atoms with Gasteiger partial charge < -0.3 is 15.2 Å². The summed E-state index contributed by atoms with van der Waals surface area (Å²) in [5.74, 6) is 0.904. The summed E-state index contributed by atoms with van der Waals surface area (Å²) in [6.45, 7) is 3.67. The van der Waals surface area contributed by atoms with Crippen LogP contribution >= 0.6 is 0 Å². The van der Waals surface area contributed by atoms with Crippen molar-refractivity contribution in [2.24, 2.45) is 5.73 Å². The highest BCUT2D eigenvalue weighted by Crippen LogP contribution is 2.30. The topological polar surface area (TPSA) is 44.5 Å². The molecule has 0 aromatic heterocycles. The van der Waals surface area contributed by atoms with E-state index < -0.39 is 0 Å². The van der Waals surface area contributed by atoms with Crippen molar-refractivity contribution in [2.75, 3.05) is 13.2 Å². The Morgan fingerprint density at radius 3 is 2.94 bits per heavy atom. The zero-order valence-corrected chi connectivity index (χ0v) is 11.1. The molecule has 2 rings (SSSR count). The maximum atomic E-state index is 6.34. The predicted octanol–water partition coefficient (Wildman–Crippen LogP) is 3.04. The van der Waals surface area contributed by atoms with E-state index >= 15 is 0 Å². The molecule has 1 aromatic rings. The Bertz CT molecular complexity index is 361. The van der Waals surface area contributed by atoms with E-state index in [0.717, 1.165) is 43.8 Å². The van der Waals surface area contributed by atoms with Crippen LogP contribution in [-0.2, 0) is 4.74 Å². The average molecular weight is 249 g/mol. The van der Waals surface area contributed by atoms with Gasteiger partial charge >= 0.3 is 0 Å². The minimum absolute atomic E-state index is 0.0849. The zero-order chi connectivity index (χ0) is 12.8. The molecule has 100 valence electrons. The minimum atomic E-state index is -0.0849. The van der Waals surface area contributed by atoms with Crippen molar-refractivity contribution in [1.29, 1.82) is 0 Å². The zero-order valence-electron chi connectivity index (χ0n) is 11.1. The number of rotatable bonds is 5. The molecule has 2 N–H and O–H groups in total. The molecule has 2 atom stereocenters. The maximum Gasteiger partial charge on any atom is 0.124 e. The highest BCUT2D eigenvalue weighted by molar-refractivity contribution is 5.36. The van der Waals surface area contributed by atoms with Gasteiger partial charge in [-0.3, -0.25) is 0 Å². The van der Waals surface area contributed by atoms with E-state index in [1.54, 1.807) is 0 Å². The van der Waals surface area contributed by atoms with Crippen molar-refractivity contribution in [3.63, 3.8) is 0 Å². The van der Waals surface area contributed by atoms with Gasteiger partial charge in [-0.1, -0.05) is 25.1 Å². The Morgan fingerprint density at radius 2 is 2.22 bits per heavy atom. The van der Waals surface area contributed by atoms with Crippen molar-refractivity contribution >= 4 is 0 Å². The van der Waals surface area contributed by atoms with Gasteiger partial charge in [0.2, 0.25) is 0 Å². The standard InChI is InChI=1S/C15H23NO2/c1-2-10-17-13-8-4-3-7-12(13)15(16)14-9-5-6-11-18-14/h3-4,7-8,14-15H,2,5-6,9-11,16H2,1H3. The molecule has 3 nitrogen and oxygen atoms in total. The van der Waals surface area contributed by atoms with Crippen molar-refractivity contribution in [2.45, 2.75) is 44.8 Å². The number of para-hydroxylation sites is 1. The molecule has 0 radical (unpaired) electrons. The van der Waals surface area contributed by atoms with Crippen LogP contribution in [-0.4, -0.2) is 19.3 Å². The quantitative estimate of drug-likeness (QED) is 0.872. The molecule has 1 saturated heterocycles. The number of nitrogens with two attached hydrogens (primary N) is 1. The van der Waals surface area contributed by atoms with Gasteiger partial charge in [-0.2, -0.15) is 0 Å². The van der Waals surface area contributed by atoms with E-state index in [-0.39, 0.29) is 12.1 Å². The lowest BCUT2D eigenvalue weighted by Crippen LogP contribution is -2.32. The molecule has 0 spiro atoms. The molecule has 0 amide bonds. The van der Waals surface area contributed by atoms with Crippen LogP contribution < -0.4 is 10.5 Å². The molecular weight excluding hydrogens is 226 g/mol. The van der Waals surface area contributed by atoms with E-state index in [2.05, 4.69) is 6.92 Å². The SMILES string of the molecule is CCCOc1ccccc1C(N)C1CCCCO1. The van der Waals surface area contributed by atoms with Crippen LogP contribution in [0.1, 0.15) is 44.2 Å². The third kappa shape index (κ3) is 3.24. The predicted molar refractivity (Wildman–Crippen MR) is 72.7 cm³/mol. The van der Waals surface area contributed by atoms with Crippen LogP contribution in [0.5, 0.6) is 5.75 Å². The van der Waals surface area contributed by atoms with Crippen LogP contribution in [0.3, 0.4) is 0 Å². The lowest BCUT2D eigenvalue weighted by molar-refractivity contribution is -0.000481. The van der Waals surface area contributed by atoms with E-state index in [9.17, 15) is 0 Å². The molecule has 1 aliphatic heterocycles. The van der Waals surface area contributed by atoms with E-state index in [4.69, 9.17) is 15.2 Å². The van der Waals surface area contributed by atoms with Crippen LogP contribution in [0.25, 0.3) is 0 Å². The Labute approximate surface area is 109 Å². The van der Waals surface area contributed by atoms with E-state index in [1.807, 2.05) is 24.3 Å². The highest BCUT2D eigenvalue weighted by Gasteiger charge is 2.24. The average Bonchev–Trinajstić information content (AvgIpc) is 2.45. The Morgan fingerprint density at radius 1 is 1.39 bits per heavy atom. The summed E-state index contributed by atoms with van der Waals surface area (Å²) in [7, 11) is 0. The van der Waals surface area contributed by atoms with Crippen molar-refractivity contribution in [1.82, 2.24) is 0 Å². The first kappa shape index (κ1) is 13.4. The molecule has 3 heteroatoms. The minimum Gasteiger partial charge on any atom is -0.493 e. The number of hydrogen-bond donors (Lipinski definition) is 1. The summed E-state index contributed by atoms with van der Waals surface area (Å²) in [5.41, 5.74) is 7.40. The first-order valence-corrected chi connectivity index (χ1v) is 6.92. The molecule has 0 saturated carbocycles. The van der Waals surface area contributed by atoms with Gasteiger partial charge in [0.1, 0.15) is 5.75 Å². The lowest BCUT2D eigenvalue weighted by atomic mass is 9.96. The van der Waals surface area contributed by atoms with Gasteiger partial charge in [0.15, 0.2) is 0 Å². The third-order valence-electron chi connectivity index (χ3n) is 3.36. The van der Waals surface area contributed by atoms with Crippen molar-refractivity contribution < 1.29 is 9.47 Å². The fourth-order valence-electron chi connectivity index (χ4n) is 2.35. The van der Waals surface area contributed by atoms with E-state index in [0.29, 0.717) is 0 Å². The molecule has 1 aliphatic rings. The summed E-state index contributed by atoms with van der Waals surface area (Å²) in [5, 5.41) is 0. The molecule has 1 aromatic carbocycles. The second-order valence-electron chi connectivity index (χ2n) is 4.82. The third-order valence-corrected chi connectivity index (χ3v) is 3.36. The van der Waals surface area contributed by atoms with Gasteiger partial charge in [-0.25, -0.2) is 0 Å². The van der Waals surface area contributed by atoms with Crippen molar-refractivity contribution in [3.05, 3.63) is 29.8 Å². The molecule has 18 heavy (non-hydrogen) atoms. The molecule has 2 unspecified atom stereocenters. The highest BCUT2D eigenvalue weighted by atomic mass is 16.5. The fraction of sp³-hybridized carbons (Fsp3) is 0.600. The van der Waals surface area contributed by atoms with E-state index in [1.165, 1.54) is 6.42 Å². The second-order valence-corrected chi connectivity index (χ2v) is 4.82. The Kier molecular flexibility index (Phi) is 5.02. The first-order chi connectivity index (χ1) is 8.83. The normalized spacial score (nSPS) is 21.6. The van der Waals surface area contributed by atoms with Gasteiger partial charge in [-0.15, -0.1) is 0 Å². The summed E-state index contributed by atoms with van der Waals surface area (Å²) < 4.78 is 11.5. The van der Waals surface area contributed by atoms with Gasteiger partial charge in [0.05, 0.1) is 18.8 Å². The smallest absolute Gasteiger partial charge is 0.124 e. The Hall–Kier alpha value is -1.06. The molecule has 1 heterocycles. The first-order valence-electron chi connectivity index (χ1n) is 6.92. The van der Waals surface area contributed by atoms with Crippen LogP contribution in [0.2, 0.25) is 0 Å². The Balaban J connectivity index is 2.10. The van der Waals surface area contributed by atoms with Gasteiger partial charge in [0.25, 0.3) is 0 Å². The molecule has 0 bridgehead atoms. The van der Waals surface area contributed by atoms with Crippen LogP contribution in [0.4, 0.5) is 0 Å².